The summed E-state index contributed by atoms with van der Waals surface area (Å²) in [5.74, 6) is -0.312. The average molecular weight is 346 g/mol. The maximum Gasteiger partial charge on any atom is 0.257 e. The van der Waals surface area contributed by atoms with Crippen molar-refractivity contribution in [3.63, 3.8) is 0 Å². The minimum Gasteiger partial charge on any atom is -0.326 e. The smallest absolute Gasteiger partial charge is 0.257 e. The lowest BCUT2D eigenvalue weighted by Gasteiger charge is -2.08. The first-order valence-electron chi connectivity index (χ1n) is 8.22. The van der Waals surface area contributed by atoms with Gasteiger partial charge in [0.1, 0.15) is 0 Å². The number of aryl methyl sites for hydroxylation is 1. The van der Waals surface area contributed by atoms with E-state index in [4.69, 9.17) is 0 Å². The van der Waals surface area contributed by atoms with Crippen LogP contribution in [-0.2, 0) is 11.2 Å². The molecule has 0 unspecified atom stereocenters. The molecule has 130 valence electrons. The fourth-order valence-electron chi connectivity index (χ4n) is 2.39. The van der Waals surface area contributed by atoms with Gasteiger partial charge in [0.05, 0.1) is 18.0 Å². The van der Waals surface area contributed by atoms with Crippen molar-refractivity contribution < 1.29 is 9.59 Å². The van der Waals surface area contributed by atoms with Crippen molar-refractivity contribution in [2.75, 3.05) is 10.6 Å². The zero-order valence-corrected chi connectivity index (χ0v) is 14.1. The molecule has 6 heteroatoms. The molecule has 2 aromatic carbocycles. The third kappa shape index (κ3) is 4.98. The fraction of sp³-hybridized carbons (Fsp3) is 0.100. The van der Waals surface area contributed by atoms with Crippen LogP contribution in [0.4, 0.5) is 11.4 Å². The standard InChI is InChI=1S/C20H18N4O2/c25-19(11-6-15-4-2-1-3-5-15)23-17-7-9-18(10-8-17)24-20(26)16-12-13-21-22-14-16/h1-5,7-10,12-14H,6,11H2,(H,23,25)(H,24,26). The third-order valence-corrected chi connectivity index (χ3v) is 3.76. The summed E-state index contributed by atoms with van der Waals surface area (Å²) in [7, 11) is 0. The molecule has 2 amide bonds. The van der Waals surface area contributed by atoms with Crippen molar-refractivity contribution in [2.24, 2.45) is 0 Å². The molecular weight excluding hydrogens is 328 g/mol. The summed E-state index contributed by atoms with van der Waals surface area (Å²) < 4.78 is 0. The number of nitrogens with one attached hydrogen (secondary N) is 2. The molecule has 26 heavy (non-hydrogen) atoms. The van der Waals surface area contributed by atoms with Crippen molar-refractivity contribution in [3.05, 3.63) is 84.2 Å². The van der Waals surface area contributed by atoms with Crippen LogP contribution in [0.3, 0.4) is 0 Å². The first-order chi connectivity index (χ1) is 12.7. The fourth-order valence-corrected chi connectivity index (χ4v) is 2.39. The van der Waals surface area contributed by atoms with Crippen LogP contribution in [-0.4, -0.2) is 22.0 Å². The summed E-state index contributed by atoms with van der Waals surface area (Å²) in [6.45, 7) is 0. The Morgan fingerprint density at radius 1 is 0.808 bits per heavy atom. The molecule has 0 aliphatic carbocycles. The number of amides is 2. The van der Waals surface area contributed by atoms with Crippen LogP contribution in [0.15, 0.2) is 73.1 Å². The molecule has 0 saturated heterocycles. The number of aromatic nitrogens is 2. The Morgan fingerprint density at radius 3 is 2.15 bits per heavy atom. The van der Waals surface area contributed by atoms with Crippen molar-refractivity contribution in [1.29, 1.82) is 0 Å². The maximum absolute atomic E-state index is 12.0. The molecule has 0 saturated carbocycles. The maximum atomic E-state index is 12.0. The van der Waals surface area contributed by atoms with Crippen LogP contribution >= 0.6 is 0 Å². The molecule has 3 aromatic rings. The molecule has 1 heterocycles. The van der Waals surface area contributed by atoms with Gasteiger partial charge in [-0.15, -0.1) is 0 Å². The monoisotopic (exact) mass is 346 g/mol. The highest BCUT2D eigenvalue weighted by atomic mass is 16.2. The van der Waals surface area contributed by atoms with Gasteiger partial charge in [-0.05, 0) is 42.3 Å². The number of carbonyl (C=O) groups is 2. The van der Waals surface area contributed by atoms with Gasteiger partial charge in [0.15, 0.2) is 0 Å². The molecule has 0 fully saturated rings. The van der Waals surface area contributed by atoms with Gasteiger partial charge in [-0.3, -0.25) is 9.59 Å². The average Bonchev–Trinajstić information content (AvgIpc) is 2.69. The Morgan fingerprint density at radius 2 is 1.50 bits per heavy atom. The molecule has 6 nitrogen and oxygen atoms in total. The van der Waals surface area contributed by atoms with Crippen molar-refractivity contribution >= 4 is 23.2 Å². The van der Waals surface area contributed by atoms with Crippen LogP contribution in [0.2, 0.25) is 0 Å². The van der Waals surface area contributed by atoms with Crippen LogP contribution < -0.4 is 10.6 Å². The number of hydrogen-bond acceptors (Lipinski definition) is 4. The predicted octanol–water partition coefficient (Wildman–Crippen LogP) is 3.30. The second-order valence-electron chi connectivity index (χ2n) is 5.70. The van der Waals surface area contributed by atoms with E-state index < -0.39 is 0 Å². The van der Waals surface area contributed by atoms with Gasteiger partial charge in [-0.1, -0.05) is 30.3 Å². The molecule has 0 aliphatic rings. The van der Waals surface area contributed by atoms with E-state index in [1.165, 1.54) is 12.4 Å². The number of rotatable bonds is 6. The zero-order valence-electron chi connectivity index (χ0n) is 14.1. The minimum absolute atomic E-state index is 0.0477. The van der Waals surface area contributed by atoms with E-state index in [1.54, 1.807) is 30.3 Å². The van der Waals surface area contributed by atoms with Crippen LogP contribution in [0.5, 0.6) is 0 Å². The Labute approximate surface area is 151 Å². The number of nitrogens with zero attached hydrogens (tertiary/aromatic N) is 2. The van der Waals surface area contributed by atoms with E-state index in [-0.39, 0.29) is 11.8 Å². The van der Waals surface area contributed by atoms with E-state index in [2.05, 4.69) is 20.8 Å². The second-order valence-corrected chi connectivity index (χ2v) is 5.70. The molecule has 1 aromatic heterocycles. The molecule has 0 spiro atoms. The Balaban J connectivity index is 1.51. The van der Waals surface area contributed by atoms with Gasteiger partial charge in [0, 0.05) is 17.8 Å². The predicted molar refractivity (Wildman–Crippen MR) is 99.8 cm³/mol. The number of hydrogen-bond donors (Lipinski definition) is 2. The van der Waals surface area contributed by atoms with E-state index >= 15 is 0 Å². The molecule has 3 rings (SSSR count). The molecular formula is C20H18N4O2. The zero-order chi connectivity index (χ0) is 18.2. The Kier molecular flexibility index (Phi) is 5.67. The highest BCUT2D eigenvalue weighted by molar-refractivity contribution is 6.04. The van der Waals surface area contributed by atoms with E-state index in [0.29, 0.717) is 29.8 Å². The van der Waals surface area contributed by atoms with Gasteiger partial charge in [-0.25, -0.2) is 0 Å². The summed E-state index contributed by atoms with van der Waals surface area (Å²) in [4.78, 5) is 24.1. The van der Waals surface area contributed by atoms with Crippen molar-refractivity contribution in [2.45, 2.75) is 12.8 Å². The number of anilines is 2. The molecule has 2 N–H and O–H groups in total. The SMILES string of the molecule is O=C(CCc1ccccc1)Nc1ccc(NC(=O)c2ccnnc2)cc1. The first-order valence-corrected chi connectivity index (χ1v) is 8.22. The van der Waals surface area contributed by atoms with Crippen LogP contribution in [0, 0.1) is 0 Å². The summed E-state index contributed by atoms with van der Waals surface area (Å²) in [5.41, 5.74) is 2.88. The van der Waals surface area contributed by atoms with Gasteiger partial charge < -0.3 is 10.6 Å². The normalized spacial score (nSPS) is 10.2. The molecule has 0 radical (unpaired) electrons. The highest BCUT2D eigenvalue weighted by Gasteiger charge is 2.07. The topological polar surface area (TPSA) is 84.0 Å². The van der Waals surface area contributed by atoms with Crippen LogP contribution in [0.1, 0.15) is 22.3 Å². The van der Waals surface area contributed by atoms with E-state index in [9.17, 15) is 9.59 Å². The lowest BCUT2D eigenvalue weighted by molar-refractivity contribution is -0.116. The summed E-state index contributed by atoms with van der Waals surface area (Å²) in [6, 6.07) is 18.4. The summed E-state index contributed by atoms with van der Waals surface area (Å²) in [6.07, 6.45) is 3.97. The third-order valence-electron chi connectivity index (χ3n) is 3.76. The van der Waals surface area contributed by atoms with Crippen molar-refractivity contribution in [1.82, 2.24) is 10.2 Å². The largest absolute Gasteiger partial charge is 0.326 e. The lowest BCUT2D eigenvalue weighted by atomic mass is 10.1. The second kappa shape index (κ2) is 8.53. The van der Waals surface area contributed by atoms with Crippen molar-refractivity contribution in [3.8, 4) is 0 Å². The lowest BCUT2D eigenvalue weighted by Crippen LogP contribution is -2.13. The van der Waals surface area contributed by atoms with E-state index in [0.717, 1.165) is 5.56 Å². The van der Waals surface area contributed by atoms with E-state index in [1.807, 2.05) is 30.3 Å². The van der Waals surface area contributed by atoms with Gasteiger partial charge in [0.25, 0.3) is 5.91 Å². The Hall–Kier alpha value is -3.54. The summed E-state index contributed by atoms with van der Waals surface area (Å²) in [5, 5.41) is 12.9. The Bertz CT molecular complexity index is 865. The van der Waals surface area contributed by atoms with Gasteiger partial charge >= 0.3 is 0 Å². The molecule has 0 atom stereocenters. The first kappa shape index (κ1) is 17.3. The van der Waals surface area contributed by atoms with Gasteiger partial charge in [0.2, 0.25) is 5.91 Å². The number of carbonyl (C=O) groups excluding carboxylic acids is 2. The quantitative estimate of drug-likeness (QED) is 0.717. The number of benzene rings is 2. The van der Waals surface area contributed by atoms with Crippen LogP contribution in [0.25, 0.3) is 0 Å². The molecule has 0 bridgehead atoms. The minimum atomic E-state index is -0.264. The summed E-state index contributed by atoms with van der Waals surface area (Å²) >= 11 is 0. The molecule has 0 aliphatic heterocycles. The van der Waals surface area contributed by atoms with Gasteiger partial charge in [-0.2, -0.15) is 10.2 Å². The highest BCUT2D eigenvalue weighted by Crippen LogP contribution is 2.15.